The third kappa shape index (κ3) is 7.36. The summed E-state index contributed by atoms with van der Waals surface area (Å²) in [6.07, 6.45) is 18.1. The van der Waals surface area contributed by atoms with Gasteiger partial charge in [0.2, 0.25) is 0 Å². The normalized spacial score (nSPS) is 28.9. The lowest BCUT2D eigenvalue weighted by molar-refractivity contribution is 0.0161. The molecule has 0 N–H and O–H groups in total. The highest BCUT2D eigenvalue weighted by Gasteiger charge is 2.29. The zero-order valence-corrected chi connectivity index (χ0v) is 20.4. The summed E-state index contributed by atoms with van der Waals surface area (Å²) >= 11 is 0. The molecule has 3 unspecified atom stereocenters. The Balaban J connectivity index is 1.44. The van der Waals surface area contributed by atoms with Crippen LogP contribution < -0.4 is 0 Å². The molecule has 174 valence electrons. The van der Waals surface area contributed by atoms with E-state index in [9.17, 15) is 4.79 Å². The van der Waals surface area contributed by atoms with E-state index in [-0.39, 0.29) is 12.1 Å². The van der Waals surface area contributed by atoms with Crippen molar-refractivity contribution in [2.24, 2.45) is 17.8 Å². The maximum absolute atomic E-state index is 12.7. The number of hydrogen-bond acceptors (Lipinski definition) is 2. The van der Waals surface area contributed by atoms with Crippen molar-refractivity contribution in [2.75, 3.05) is 0 Å². The fourth-order valence-electron chi connectivity index (χ4n) is 6.07. The van der Waals surface area contributed by atoms with Crippen LogP contribution >= 0.6 is 0 Å². The number of unbranched alkanes of at least 4 members (excludes halogenated alkanes) is 3. The molecule has 2 fully saturated rings. The van der Waals surface area contributed by atoms with Crippen molar-refractivity contribution in [1.82, 2.24) is 0 Å². The Hall–Kier alpha value is -1.31. The van der Waals surface area contributed by atoms with Crippen LogP contribution in [-0.2, 0) is 4.74 Å². The SMILES string of the molecule is CCCCC[C@H]1CC[C@H](OC(=O)c2ccc(C3CCC(CCCC)CC3C)cc2)CC1. The van der Waals surface area contributed by atoms with E-state index in [1.54, 1.807) is 0 Å². The lowest BCUT2D eigenvalue weighted by Crippen LogP contribution is -2.24. The largest absolute Gasteiger partial charge is 0.459 e. The molecule has 0 saturated heterocycles. The number of carbonyl (C=O) groups excluding carboxylic acids is 1. The summed E-state index contributed by atoms with van der Waals surface area (Å²) < 4.78 is 5.87. The van der Waals surface area contributed by atoms with Crippen LogP contribution in [-0.4, -0.2) is 12.1 Å². The Morgan fingerprint density at radius 2 is 1.48 bits per heavy atom. The van der Waals surface area contributed by atoms with Gasteiger partial charge in [0.25, 0.3) is 0 Å². The molecule has 0 radical (unpaired) electrons. The van der Waals surface area contributed by atoms with Gasteiger partial charge in [0.05, 0.1) is 5.56 Å². The first kappa shape index (κ1) is 24.3. The topological polar surface area (TPSA) is 26.3 Å². The standard InChI is InChI=1S/C29H46O2/c1-4-6-8-10-23-11-18-27(19-12-23)31-29(30)26-16-14-25(15-17-26)28-20-13-24(9-7-5-2)21-22(28)3/h14-17,22-24,27-28H,4-13,18-21H2,1-3H3/t22?,23-,24?,27-,28?. The first-order valence-corrected chi connectivity index (χ1v) is 13.4. The predicted molar refractivity (Wildman–Crippen MR) is 131 cm³/mol. The van der Waals surface area contributed by atoms with Crippen LogP contribution in [0.3, 0.4) is 0 Å². The number of benzene rings is 1. The van der Waals surface area contributed by atoms with E-state index in [0.29, 0.717) is 5.92 Å². The zero-order valence-electron chi connectivity index (χ0n) is 20.4. The molecule has 0 spiro atoms. The summed E-state index contributed by atoms with van der Waals surface area (Å²) in [5.41, 5.74) is 2.13. The molecule has 1 aromatic rings. The highest BCUT2D eigenvalue weighted by molar-refractivity contribution is 5.89. The molecule has 0 amide bonds. The molecule has 2 nitrogen and oxygen atoms in total. The third-order valence-electron chi connectivity index (χ3n) is 8.10. The number of ether oxygens (including phenoxy) is 1. The van der Waals surface area contributed by atoms with Gasteiger partial charge in [-0.25, -0.2) is 4.79 Å². The van der Waals surface area contributed by atoms with Crippen LogP contribution in [0.25, 0.3) is 0 Å². The first-order valence-electron chi connectivity index (χ1n) is 13.4. The third-order valence-corrected chi connectivity index (χ3v) is 8.10. The number of rotatable bonds is 10. The van der Waals surface area contributed by atoms with E-state index < -0.39 is 0 Å². The van der Waals surface area contributed by atoms with Crippen molar-refractivity contribution in [3.05, 3.63) is 35.4 Å². The second-order valence-electron chi connectivity index (χ2n) is 10.6. The minimum Gasteiger partial charge on any atom is -0.459 e. The lowest BCUT2D eigenvalue weighted by atomic mass is 9.71. The number of esters is 1. The van der Waals surface area contributed by atoms with Gasteiger partial charge in [-0.1, -0.05) is 77.8 Å². The Morgan fingerprint density at radius 1 is 0.839 bits per heavy atom. The van der Waals surface area contributed by atoms with Crippen molar-refractivity contribution in [2.45, 2.75) is 123 Å². The molecule has 3 rings (SSSR count). The number of carbonyl (C=O) groups is 1. The van der Waals surface area contributed by atoms with Crippen molar-refractivity contribution in [1.29, 1.82) is 0 Å². The molecule has 2 aliphatic rings. The van der Waals surface area contributed by atoms with Gasteiger partial charge in [-0.15, -0.1) is 0 Å². The van der Waals surface area contributed by atoms with Crippen LogP contribution in [0.5, 0.6) is 0 Å². The van der Waals surface area contributed by atoms with Gasteiger partial charge in [0, 0.05) is 0 Å². The smallest absolute Gasteiger partial charge is 0.338 e. The van der Waals surface area contributed by atoms with E-state index in [2.05, 4.69) is 32.9 Å². The predicted octanol–water partition coefficient (Wildman–Crippen LogP) is 8.69. The highest BCUT2D eigenvalue weighted by Crippen LogP contribution is 2.41. The molecule has 31 heavy (non-hydrogen) atoms. The van der Waals surface area contributed by atoms with Crippen LogP contribution in [0, 0.1) is 17.8 Å². The maximum atomic E-state index is 12.7. The highest BCUT2D eigenvalue weighted by atomic mass is 16.5. The van der Waals surface area contributed by atoms with Gasteiger partial charge < -0.3 is 4.74 Å². The fraction of sp³-hybridized carbons (Fsp3) is 0.759. The molecule has 3 atom stereocenters. The summed E-state index contributed by atoms with van der Waals surface area (Å²) in [5.74, 6) is 3.02. The van der Waals surface area contributed by atoms with Crippen molar-refractivity contribution < 1.29 is 9.53 Å². The molecule has 2 heteroatoms. The Kier molecular flexibility index (Phi) is 9.94. The average molecular weight is 427 g/mol. The molecule has 2 saturated carbocycles. The molecule has 0 bridgehead atoms. The van der Waals surface area contributed by atoms with Gasteiger partial charge in [-0.3, -0.25) is 0 Å². The maximum Gasteiger partial charge on any atom is 0.338 e. The molecule has 1 aromatic carbocycles. The zero-order chi connectivity index (χ0) is 22.1. The van der Waals surface area contributed by atoms with E-state index in [1.807, 2.05) is 12.1 Å². The Labute approximate surface area is 191 Å². The average Bonchev–Trinajstić information content (AvgIpc) is 2.79. The summed E-state index contributed by atoms with van der Waals surface area (Å²) in [5, 5.41) is 0. The first-order chi connectivity index (χ1) is 15.1. The Bertz CT molecular complexity index is 641. The molecular weight excluding hydrogens is 380 g/mol. The summed E-state index contributed by atoms with van der Waals surface area (Å²) in [6.45, 7) is 6.98. The molecule has 0 aromatic heterocycles. The van der Waals surface area contributed by atoms with Crippen LogP contribution in [0.1, 0.15) is 133 Å². The Morgan fingerprint density at radius 3 is 2.13 bits per heavy atom. The molecule has 2 aliphatic carbocycles. The fourth-order valence-corrected chi connectivity index (χ4v) is 6.07. The van der Waals surface area contributed by atoms with E-state index in [0.717, 1.165) is 36.2 Å². The van der Waals surface area contributed by atoms with Crippen LogP contribution in [0.2, 0.25) is 0 Å². The van der Waals surface area contributed by atoms with E-state index in [4.69, 9.17) is 4.74 Å². The van der Waals surface area contributed by atoms with Crippen LogP contribution in [0.4, 0.5) is 0 Å². The van der Waals surface area contributed by atoms with Gasteiger partial charge in [-0.05, 0) is 86.3 Å². The summed E-state index contributed by atoms with van der Waals surface area (Å²) in [6, 6.07) is 8.39. The number of hydrogen-bond donors (Lipinski definition) is 0. The van der Waals surface area contributed by atoms with Crippen molar-refractivity contribution >= 4 is 5.97 Å². The van der Waals surface area contributed by atoms with Gasteiger partial charge in [-0.2, -0.15) is 0 Å². The molecule has 0 aliphatic heterocycles. The monoisotopic (exact) mass is 426 g/mol. The summed E-state index contributed by atoms with van der Waals surface area (Å²) in [7, 11) is 0. The van der Waals surface area contributed by atoms with E-state index in [1.165, 1.54) is 82.6 Å². The van der Waals surface area contributed by atoms with Crippen LogP contribution in [0.15, 0.2) is 24.3 Å². The lowest BCUT2D eigenvalue weighted by Gasteiger charge is -2.34. The second kappa shape index (κ2) is 12.7. The quantitative estimate of drug-likeness (QED) is 0.276. The van der Waals surface area contributed by atoms with E-state index >= 15 is 0 Å². The molecule has 0 heterocycles. The van der Waals surface area contributed by atoms with Crippen molar-refractivity contribution in [3.63, 3.8) is 0 Å². The molecular formula is C29H46O2. The minimum absolute atomic E-state index is 0.119. The van der Waals surface area contributed by atoms with Gasteiger partial charge in [0.1, 0.15) is 6.10 Å². The minimum atomic E-state index is -0.127. The van der Waals surface area contributed by atoms with Crippen molar-refractivity contribution in [3.8, 4) is 0 Å². The second-order valence-corrected chi connectivity index (χ2v) is 10.6. The van der Waals surface area contributed by atoms with Gasteiger partial charge in [0.15, 0.2) is 0 Å². The summed E-state index contributed by atoms with van der Waals surface area (Å²) in [4.78, 5) is 12.7. The van der Waals surface area contributed by atoms with Gasteiger partial charge >= 0.3 is 5.97 Å².